The van der Waals surface area contributed by atoms with Gasteiger partial charge in [0.1, 0.15) is 23.9 Å². The first-order valence-corrected chi connectivity index (χ1v) is 10.7. The number of para-hydroxylation sites is 1. The van der Waals surface area contributed by atoms with Crippen molar-refractivity contribution >= 4 is 23.2 Å². The van der Waals surface area contributed by atoms with E-state index in [4.69, 9.17) is 14.2 Å². The normalized spacial score (nSPS) is 12.5. The first kappa shape index (κ1) is 22.2. The number of hydrogen-bond acceptors (Lipinski definition) is 5. The molecule has 0 aliphatic carbocycles. The molecule has 3 aromatic rings. The van der Waals surface area contributed by atoms with E-state index in [0.717, 1.165) is 16.9 Å². The third-order valence-electron chi connectivity index (χ3n) is 5.43. The average molecular weight is 447 g/mol. The van der Waals surface area contributed by atoms with E-state index in [-0.39, 0.29) is 25.0 Å². The average Bonchev–Trinajstić information content (AvgIpc) is 2.82. The summed E-state index contributed by atoms with van der Waals surface area (Å²) in [5, 5.41) is 2.82. The van der Waals surface area contributed by atoms with Crippen molar-refractivity contribution in [3.63, 3.8) is 0 Å². The molecule has 33 heavy (non-hydrogen) atoms. The van der Waals surface area contributed by atoms with E-state index in [2.05, 4.69) is 5.32 Å². The number of fused-ring (bicyclic) bond motifs is 1. The Morgan fingerprint density at radius 3 is 2.67 bits per heavy atom. The Kier molecular flexibility index (Phi) is 6.78. The van der Waals surface area contributed by atoms with E-state index in [9.17, 15) is 9.59 Å². The molecule has 1 heterocycles. The quantitative estimate of drug-likeness (QED) is 0.563. The number of hydrogen-bond donors (Lipinski definition) is 1. The molecule has 0 aromatic heterocycles. The number of nitrogens with one attached hydrogen (secondary N) is 1. The Morgan fingerprint density at radius 2 is 1.85 bits per heavy atom. The number of nitrogens with zero attached hydrogens (tertiary/aromatic N) is 1. The van der Waals surface area contributed by atoms with E-state index in [1.54, 1.807) is 23.1 Å². The summed E-state index contributed by atoms with van der Waals surface area (Å²) in [4.78, 5) is 26.4. The molecule has 0 atom stereocenters. The minimum Gasteiger partial charge on any atom is -0.492 e. The van der Waals surface area contributed by atoms with Crippen LogP contribution in [0.3, 0.4) is 0 Å². The molecule has 0 saturated carbocycles. The summed E-state index contributed by atoms with van der Waals surface area (Å²) in [5.74, 6) is 1.54. The Hall–Kier alpha value is -4.00. The van der Waals surface area contributed by atoms with Crippen LogP contribution in [0.1, 0.15) is 11.1 Å². The molecular weight excluding hydrogens is 420 g/mol. The molecule has 4 rings (SSSR count). The van der Waals surface area contributed by atoms with Crippen LogP contribution in [0.15, 0.2) is 66.7 Å². The zero-order valence-corrected chi connectivity index (χ0v) is 18.7. The van der Waals surface area contributed by atoms with Gasteiger partial charge in [-0.05, 0) is 55.3 Å². The van der Waals surface area contributed by atoms with E-state index >= 15 is 0 Å². The van der Waals surface area contributed by atoms with E-state index < -0.39 is 0 Å². The number of rotatable bonds is 8. The summed E-state index contributed by atoms with van der Waals surface area (Å²) in [6.45, 7) is 4.52. The highest BCUT2D eigenvalue weighted by molar-refractivity contribution is 5.99. The van der Waals surface area contributed by atoms with Crippen LogP contribution in [-0.4, -0.2) is 38.2 Å². The Morgan fingerprint density at radius 1 is 1.03 bits per heavy atom. The molecule has 1 aliphatic rings. The summed E-state index contributed by atoms with van der Waals surface area (Å²) >= 11 is 0. The molecule has 170 valence electrons. The maximum atomic E-state index is 12.4. The van der Waals surface area contributed by atoms with Gasteiger partial charge < -0.3 is 24.4 Å². The highest BCUT2D eigenvalue weighted by Gasteiger charge is 2.26. The fourth-order valence-electron chi connectivity index (χ4n) is 3.52. The second-order valence-electron chi connectivity index (χ2n) is 7.71. The lowest BCUT2D eigenvalue weighted by atomic mass is 10.1. The highest BCUT2D eigenvalue weighted by atomic mass is 16.5. The molecular formula is C26H26N2O5. The van der Waals surface area contributed by atoms with Crippen LogP contribution >= 0.6 is 0 Å². The number of anilines is 2. The van der Waals surface area contributed by atoms with Crippen molar-refractivity contribution in [2.24, 2.45) is 0 Å². The molecule has 0 bridgehead atoms. The molecule has 0 unspecified atom stereocenters. The lowest BCUT2D eigenvalue weighted by Gasteiger charge is -2.29. The summed E-state index contributed by atoms with van der Waals surface area (Å²) in [5.41, 5.74) is 3.33. The zero-order valence-electron chi connectivity index (χ0n) is 18.7. The number of benzene rings is 3. The predicted octanol–water partition coefficient (Wildman–Crippen LogP) is 4.13. The number of ether oxygens (including phenoxy) is 3. The first-order chi connectivity index (χ1) is 16.0. The van der Waals surface area contributed by atoms with E-state index in [1.807, 2.05) is 62.4 Å². The second-order valence-corrected chi connectivity index (χ2v) is 7.71. The van der Waals surface area contributed by atoms with Crippen molar-refractivity contribution in [1.82, 2.24) is 0 Å². The molecule has 2 amide bonds. The minimum atomic E-state index is -0.282. The molecule has 0 saturated heterocycles. The largest absolute Gasteiger partial charge is 0.492 e. The van der Waals surface area contributed by atoms with Crippen molar-refractivity contribution in [3.8, 4) is 17.2 Å². The van der Waals surface area contributed by atoms with Gasteiger partial charge in [-0.25, -0.2) is 0 Å². The summed E-state index contributed by atoms with van der Waals surface area (Å²) in [6, 6.07) is 20.4. The minimum absolute atomic E-state index is 0.0640. The summed E-state index contributed by atoms with van der Waals surface area (Å²) in [6.07, 6.45) is 0. The fraction of sp³-hybridized carbons (Fsp3) is 0.231. The van der Waals surface area contributed by atoms with Gasteiger partial charge in [0.2, 0.25) is 0 Å². The lowest BCUT2D eigenvalue weighted by molar-refractivity contribution is -0.121. The van der Waals surface area contributed by atoms with Crippen LogP contribution in [-0.2, 0) is 9.59 Å². The molecule has 3 aromatic carbocycles. The Balaban J connectivity index is 1.36. The molecule has 1 N–H and O–H groups in total. The molecule has 1 aliphatic heterocycles. The zero-order chi connectivity index (χ0) is 23.2. The maximum absolute atomic E-state index is 12.4. The smallest absolute Gasteiger partial charge is 0.265 e. The van der Waals surface area contributed by atoms with Gasteiger partial charge in [-0.2, -0.15) is 0 Å². The van der Waals surface area contributed by atoms with E-state index in [1.165, 1.54) is 0 Å². The predicted molar refractivity (Wildman–Crippen MR) is 126 cm³/mol. The molecule has 7 nitrogen and oxygen atoms in total. The van der Waals surface area contributed by atoms with Crippen LogP contribution in [0.5, 0.6) is 17.2 Å². The van der Waals surface area contributed by atoms with Crippen LogP contribution in [0.4, 0.5) is 11.4 Å². The summed E-state index contributed by atoms with van der Waals surface area (Å²) < 4.78 is 17.0. The number of carbonyl (C=O) groups excluding carboxylic acids is 2. The number of aryl methyl sites for hydroxylation is 1. The van der Waals surface area contributed by atoms with Gasteiger partial charge in [0.25, 0.3) is 11.8 Å². The standard InChI is InChI=1S/C26H26N2O5/c1-18-7-6-10-23(19(18)2)32-16-25(29)27-20-11-12-22-24(15-20)33-17-26(30)28(22)13-14-31-21-8-4-3-5-9-21/h3-12,15H,13-14,16-17H2,1-2H3,(H,27,29). The Bertz CT molecular complexity index is 1150. The second kappa shape index (κ2) is 10.1. The van der Waals surface area contributed by atoms with Crippen LogP contribution < -0.4 is 24.4 Å². The van der Waals surface area contributed by atoms with Crippen molar-refractivity contribution in [2.45, 2.75) is 13.8 Å². The fourth-order valence-corrected chi connectivity index (χ4v) is 3.52. The molecule has 7 heteroatoms. The topological polar surface area (TPSA) is 77.1 Å². The van der Waals surface area contributed by atoms with Crippen molar-refractivity contribution in [3.05, 3.63) is 77.9 Å². The highest BCUT2D eigenvalue weighted by Crippen LogP contribution is 2.34. The van der Waals surface area contributed by atoms with Crippen LogP contribution in [0.2, 0.25) is 0 Å². The van der Waals surface area contributed by atoms with Gasteiger partial charge in [0.05, 0.1) is 12.2 Å². The van der Waals surface area contributed by atoms with Gasteiger partial charge in [-0.1, -0.05) is 30.3 Å². The maximum Gasteiger partial charge on any atom is 0.265 e. The van der Waals surface area contributed by atoms with Crippen molar-refractivity contribution in [2.75, 3.05) is 36.6 Å². The van der Waals surface area contributed by atoms with Crippen LogP contribution in [0, 0.1) is 13.8 Å². The third-order valence-corrected chi connectivity index (χ3v) is 5.43. The summed E-state index contributed by atoms with van der Waals surface area (Å²) in [7, 11) is 0. The van der Waals surface area contributed by atoms with Gasteiger partial charge in [0.15, 0.2) is 13.2 Å². The van der Waals surface area contributed by atoms with Crippen molar-refractivity contribution < 1.29 is 23.8 Å². The third kappa shape index (κ3) is 5.44. The molecule has 0 radical (unpaired) electrons. The van der Waals surface area contributed by atoms with Crippen molar-refractivity contribution in [1.29, 1.82) is 0 Å². The Labute approximate surface area is 192 Å². The first-order valence-electron chi connectivity index (χ1n) is 10.7. The lowest BCUT2D eigenvalue weighted by Crippen LogP contribution is -2.41. The number of carbonyl (C=O) groups is 2. The van der Waals surface area contributed by atoms with Gasteiger partial charge in [-0.3, -0.25) is 9.59 Å². The van der Waals surface area contributed by atoms with Gasteiger partial charge in [-0.15, -0.1) is 0 Å². The molecule has 0 fully saturated rings. The van der Waals surface area contributed by atoms with Crippen LogP contribution in [0.25, 0.3) is 0 Å². The monoisotopic (exact) mass is 446 g/mol. The van der Waals surface area contributed by atoms with Gasteiger partial charge >= 0.3 is 0 Å². The van der Waals surface area contributed by atoms with Gasteiger partial charge in [0, 0.05) is 11.8 Å². The van der Waals surface area contributed by atoms with E-state index in [0.29, 0.717) is 36.0 Å². The number of amides is 2. The molecule has 0 spiro atoms. The SMILES string of the molecule is Cc1cccc(OCC(=O)Nc2ccc3c(c2)OCC(=O)N3CCOc2ccccc2)c1C.